The Morgan fingerprint density at radius 2 is 1.88 bits per heavy atom. The van der Waals surface area contributed by atoms with Gasteiger partial charge in [0.05, 0.1) is 6.54 Å². The van der Waals surface area contributed by atoms with Gasteiger partial charge in [-0.15, -0.1) is 0 Å². The Balaban J connectivity index is 1.35. The molecule has 0 radical (unpaired) electrons. The Kier molecular flexibility index (Phi) is 5.73. The van der Waals surface area contributed by atoms with E-state index in [1.54, 1.807) is 6.07 Å². The number of carbonyl (C=O) groups excluding carboxylic acids is 1. The van der Waals surface area contributed by atoms with Crippen LogP contribution in [0.1, 0.15) is 29.0 Å². The van der Waals surface area contributed by atoms with Crippen molar-refractivity contribution in [2.45, 2.75) is 25.4 Å². The molecular formula is C27H25FN2O3. The third-order valence-corrected chi connectivity index (χ3v) is 6.01. The molecule has 0 spiro atoms. The first kappa shape index (κ1) is 21.1. The molecule has 168 valence electrons. The lowest BCUT2D eigenvalue weighted by Crippen LogP contribution is -2.41. The lowest BCUT2D eigenvalue weighted by molar-refractivity contribution is -0.121. The summed E-state index contributed by atoms with van der Waals surface area (Å²) in [6.07, 6.45) is 1.71. The number of benzene rings is 3. The summed E-state index contributed by atoms with van der Waals surface area (Å²) in [4.78, 5) is 16.3. The normalized spacial score (nSPS) is 15.9. The first-order valence-corrected chi connectivity index (χ1v) is 11.1. The minimum absolute atomic E-state index is 0.117. The molecule has 1 aliphatic rings. The zero-order chi connectivity index (χ0) is 22.8. The van der Waals surface area contributed by atoms with Crippen LogP contribution in [-0.4, -0.2) is 30.1 Å². The number of hydrogen-bond acceptors (Lipinski definition) is 3. The first-order valence-electron chi connectivity index (χ1n) is 11.1. The standard InChI is InChI=1S/C27H25FN2O3/c1-17-10-11-23(28)21(12-17)20(22-15-29-24-7-3-2-6-19(22)24)13-27(31)30-14-18-16-32-25-8-4-5-9-26(25)33-18/h2-12,15,18,20,29H,13-14,16H2,1H3,(H,30,31)/t18-,20+/m0/s1. The molecule has 1 amide bonds. The lowest BCUT2D eigenvalue weighted by Gasteiger charge is -2.27. The van der Waals surface area contributed by atoms with Crippen molar-refractivity contribution < 1.29 is 18.7 Å². The van der Waals surface area contributed by atoms with Gasteiger partial charge in [0.25, 0.3) is 0 Å². The maximum atomic E-state index is 14.9. The van der Waals surface area contributed by atoms with Crippen molar-refractivity contribution in [3.05, 3.63) is 95.4 Å². The highest BCUT2D eigenvalue weighted by Crippen LogP contribution is 2.35. The Bertz CT molecular complexity index is 1300. The zero-order valence-electron chi connectivity index (χ0n) is 18.3. The van der Waals surface area contributed by atoms with E-state index in [9.17, 15) is 9.18 Å². The van der Waals surface area contributed by atoms with Gasteiger partial charge in [-0.05, 0) is 42.3 Å². The summed E-state index contributed by atoms with van der Waals surface area (Å²) in [6, 6.07) is 20.4. The second-order valence-corrected chi connectivity index (χ2v) is 8.37. The molecule has 2 atom stereocenters. The van der Waals surface area contributed by atoms with E-state index in [0.717, 1.165) is 22.0 Å². The van der Waals surface area contributed by atoms with Gasteiger partial charge in [-0.25, -0.2) is 4.39 Å². The van der Waals surface area contributed by atoms with Crippen LogP contribution >= 0.6 is 0 Å². The van der Waals surface area contributed by atoms with Gasteiger partial charge in [-0.3, -0.25) is 4.79 Å². The van der Waals surface area contributed by atoms with Crippen molar-refractivity contribution in [1.82, 2.24) is 10.3 Å². The molecule has 0 saturated heterocycles. The van der Waals surface area contributed by atoms with Gasteiger partial charge in [0.1, 0.15) is 18.5 Å². The Morgan fingerprint density at radius 1 is 1.09 bits per heavy atom. The van der Waals surface area contributed by atoms with Crippen LogP contribution in [0.15, 0.2) is 72.9 Å². The second-order valence-electron chi connectivity index (χ2n) is 8.37. The van der Waals surface area contributed by atoms with Crippen molar-refractivity contribution in [2.24, 2.45) is 0 Å². The van der Waals surface area contributed by atoms with E-state index in [0.29, 0.717) is 30.2 Å². The molecule has 0 bridgehead atoms. The molecule has 33 heavy (non-hydrogen) atoms. The van der Waals surface area contributed by atoms with Gasteiger partial charge in [-0.2, -0.15) is 0 Å². The van der Waals surface area contributed by atoms with Crippen LogP contribution in [0.25, 0.3) is 10.9 Å². The summed E-state index contributed by atoms with van der Waals surface area (Å²) in [5.74, 6) is 0.458. The number of amides is 1. The molecule has 5 rings (SSSR count). The maximum absolute atomic E-state index is 14.9. The van der Waals surface area contributed by atoms with E-state index in [1.165, 1.54) is 6.07 Å². The van der Waals surface area contributed by atoms with Gasteiger partial charge in [0, 0.05) is 29.4 Å². The monoisotopic (exact) mass is 444 g/mol. The van der Waals surface area contributed by atoms with Gasteiger partial charge in [-0.1, -0.05) is 48.0 Å². The van der Waals surface area contributed by atoms with Gasteiger partial charge in [0.15, 0.2) is 11.5 Å². The molecule has 1 aliphatic heterocycles. The van der Waals surface area contributed by atoms with Crippen molar-refractivity contribution in [3.63, 3.8) is 0 Å². The largest absolute Gasteiger partial charge is 0.486 e. The predicted molar refractivity (Wildman–Crippen MR) is 125 cm³/mol. The summed E-state index contributed by atoms with van der Waals surface area (Å²) < 4.78 is 26.6. The molecule has 6 heteroatoms. The second kappa shape index (κ2) is 8.98. The number of H-pyrrole nitrogens is 1. The van der Waals surface area contributed by atoms with E-state index in [-0.39, 0.29) is 24.2 Å². The van der Waals surface area contributed by atoms with Gasteiger partial charge >= 0.3 is 0 Å². The molecule has 2 heterocycles. The molecule has 0 saturated carbocycles. The highest BCUT2D eigenvalue weighted by molar-refractivity contribution is 5.86. The number of hydrogen-bond donors (Lipinski definition) is 2. The summed E-state index contributed by atoms with van der Waals surface area (Å²) in [5.41, 5.74) is 3.32. The first-order chi connectivity index (χ1) is 16.1. The Hall–Kier alpha value is -3.80. The number of rotatable bonds is 6. The average Bonchev–Trinajstić information content (AvgIpc) is 3.27. The van der Waals surface area contributed by atoms with Crippen LogP contribution in [0, 0.1) is 12.7 Å². The highest BCUT2D eigenvalue weighted by atomic mass is 19.1. The topological polar surface area (TPSA) is 63.4 Å². The molecule has 0 fully saturated rings. The molecule has 5 nitrogen and oxygen atoms in total. The predicted octanol–water partition coefficient (Wildman–Crippen LogP) is 5.09. The average molecular weight is 445 g/mol. The quantitative estimate of drug-likeness (QED) is 0.435. The van der Waals surface area contributed by atoms with Crippen LogP contribution in [-0.2, 0) is 4.79 Å². The molecule has 0 unspecified atom stereocenters. The number of para-hydroxylation sites is 3. The van der Waals surface area contributed by atoms with E-state index in [4.69, 9.17) is 9.47 Å². The number of aryl methyl sites for hydroxylation is 1. The number of aromatic amines is 1. The number of fused-ring (bicyclic) bond motifs is 2. The number of halogens is 1. The fraction of sp³-hybridized carbons (Fsp3) is 0.222. The van der Waals surface area contributed by atoms with E-state index < -0.39 is 5.92 Å². The minimum atomic E-state index is -0.426. The van der Waals surface area contributed by atoms with Crippen LogP contribution in [0.5, 0.6) is 11.5 Å². The fourth-order valence-electron chi connectivity index (χ4n) is 4.35. The van der Waals surface area contributed by atoms with Crippen LogP contribution in [0.3, 0.4) is 0 Å². The van der Waals surface area contributed by atoms with Crippen LogP contribution < -0.4 is 14.8 Å². The molecule has 0 aliphatic carbocycles. The van der Waals surface area contributed by atoms with Crippen molar-refractivity contribution >= 4 is 16.8 Å². The molecule has 2 N–H and O–H groups in total. The molecule has 4 aromatic rings. The van der Waals surface area contributed by atoms with Gasteiger partial charge < -0.3 is 19.8 Å². The summed E-state index contributed by atoms with van der Waals surface area (Å²) in [6.45, 7) is 2.59. The van der Waals surface area contributed by atoms with E-state index >= 15 is 0 Å². The summed E-state index contributed by atoms with van der Waals surface area (Å²) in [7, 11) is 0. The van der Waals surface area contributed by atoms with Crippen molar-refractivity contribution in [2.75, 3.05) is 13.2 Å². The highest BCUT2D eigenvalue weighted by Gasteiger charge is 2.26. The lowest BCUT2D eigenvalue weighted by atomic mass is 9.87. The minimum Gasteiger partial charge on any atom is -0.486 e. The number of nitrogens with one attached hydrogen (secondary N) is 2. The molecular weight excluding hydrogens is 419 g/mol. The van der Waals surface area contributed by atoms with Crippen molar-refractivity contribution in [3.8, 4) is 11.5 Å². The maximum Gasteiger partial charge on any atom is 0.221 e. The Labute approximate surface area is 191 Å². The van der Waals surface area contributed by atoms with Crippen molar-refractivity contribution in [1.29, 1.82) is 0 Å². The summed E-state index contributed by atoms with van der Waals surface area (Å²) >= 11 is 0. The third-order valence-electron chi connectivity index (χ3n) is 6.01. The fourth-order valence-corrected chi connectivity index (χ4v) is 4.35. The smallest absolute Gasteiger partial charge is 0.221 e. The number of aromatic nitrogens is 1. The van der Waals surface area contributed by atoms with E-state index in [1.807, 2.05) is 67.7 Å². The SMILES string of the molecule is Cc1ccc(F)c([C@@H](CC(=O)NC[C@H]2COc3ccccc3O2)c2c[nH]c3ccccc23)c1. The summed E-state index contributed by atoms with van der Waals surface area (Å²) in [5, 5.41) is 3.93. The molecule has 1 aromatic heterocycles. The van der Waals surface area contributed by atoms with Crippen LogP contribution in [0.4, 0.5) is 4.39 Å². The van der Waals surface area contributed by atoms with E-state index in [2.05, 4.69) is 10.3 Å². The number of carbonyl (C=O) groups is 1. The van der Waals surface area contributed by atoms with Crippen LogP contribution in [0.2, 0.25) is 0 Å². The Morgan fingerprint density at radius 3 is 2.76 bits per heavy atom. The van der Waals surface area contributed by atoms with Gasteiger partial charge in [0.2, 0.25) is 5.91 Å². The zero-order valence-corrected chi connectivity index (χ0v) is 18.3. The number of ether oxygens (including phenoxy) is 2. The molecule has 3 aromatic carbocycles. The third kappa shape index (κ3) is 4.42.